The van der Waals surface area contributed by atoms with Gasteiger partial charge >= 0.3 is 0 Å². The van der Waals surface area contributed by atoms with Gasteiger partial charge in [-0.1, -0.05) is 36.0 Å². The molecule has 0 amide bonds. The van der Waals surface area contributed by atoms with Crippen molar-refractivity contribution in [3.8, 4) is 11.4 Å². The summed E-state index contributed by atoms with van der Waals surface area (Å²) in [6, 6.07) is 16.1. The molecular weight excluding hydrogens is 325 g/mol. The minimum Gasteiger partial charge on any atom is -0.255 e. The molecule has 0 radical (unpaired) electrons. The van der Waals surface area contributed by atoms with Gasteiger partial charge in [0.15, 0.2) is 5.65 Å². The fourth-order valence-electron chi connectivity index (χ4n) is 2.27. The first-order valence-electron chi connectivity index (χ1n) is 7.31. The maximum Gasteiger partial charge on any atom is 0.212 e. The summed E-state index contributed by atoms with van der Waals surface area (Å²) < 4.78 is 15.4. The summed E-state index contributed by atoms with van der Waals surface area (Å²) in [5.41, 5.74) is 2.78. The first-order valence-corrected chi connectivity index (χ1v) is 8.30. The first-order chi connectivity index (χ1) is 11.8. The van der Waals surface area contributed by atoms with Gasteiger partial charge in [0.1, 0.15) is 11.5 Å². The lowest BCUT2D eigenvalue weighted by atomic mass is 10.2. The number of thioether (sulfide) groups is 1. The van der Waals surface area contributed by atoms with Crippen molar-refractivity contribution < 1.29 is 4.39 Å². The lowest BCUT2D eigenvalue weighted by Crippen LogP contribution is -1.97. The highest BCUT2D eigenvalue weighted by atomic mass is 32.2. The second-order valence-electron chi connectivity index (χ2n) is 5.07. The predicted octanol–water partition coefficient (Wildman–Crippen LogP) is 3.62. The van der Waals surface area contributed by atoms with Crippen LogP contribution in [0.5, 0.6) is 0 Å². The smallest absolute Gasteiger partial charge is 0.212 e. The van der Waals surface area contributed by atoms with Gasteiger partial charge in [0.25, 0.3) is 0 Å². The van der Waals surface area contributed by atoms with Crippen LogP contribution in [0, 0.1) is 5.82 Å². The zero-order chi connectivity index (χ0) is 16.4. The second-order valence-corrected chi connectivity index (χ2v) is 6.01. The molecule has 0 unspecified atom stereocenters. The monoisotopic (exact) mass is 337 g/mol. The number of hydrogen-bond acceptors (Lipinski definition) is 5. The Kier molecular flexibility index (Phi) is 3.92. The van der Waals surface area contributed by atoms with E-state index in [4.69, 9.17) is 0 Å². The van der Waals surface area contributed by atoms with Gasteiger partial charge in [-0.3, -0.25) is 4.98 Å². The lowest BCUT2D eigenvalue weighted by Gasteiger charge is -2.03. The molecule has 0 saturated carbocycles. The zero-order valence-electron chi connectivity index (χ0n) is 12.5. The van der Waals surface area contributed by atoms with Crippen molar-refractivity contribution >= 4 is 17.4 Å². The van der Waals surface area contributed by atoms with Gasteiger partial charge in [-0.2, -0.15) is 9.61 Å². The predicted molar refractivity (Wildman–Crippen MR) is 90.0 cm³/mol. The SMILES string of the molecule is Fc1ccccc1CSc1nnc2ccc(-c3ccccn3)nn12. The highest BCUT2D eigenvalue weighted by Gasteiger charge is 2.11. The third kappa shape index (κ3) is 2.85. The van der Waals surface area contributed by atoms with Crippen LogP contribution in [0.15, 0.2) is 66.0 Å². The van der Waals surface area contributed by atoms with E-state index in [9.17, 15) is 4.39 Å². The van der Waals surface area contributed by atoms with Crippen LogP contribution in [-0.4, -0.2) is 24.8 Å². The van der Waals surface area contributed by atoms with E-state index in [-0.39, 0.29) is 5.82 Å². The molecule has 0 atom stereocenters. The van der Waals surface area contributed by atoms with Crippen molar-refractivity contribution in [3.05, 3.63) is 72.2 Å². The molecule has 0 aliphatic rings. The molecule has 3 aromatic heterocycles. The summed E-state index contributed by atoms with van der Waals surface area (Å²) >= 11 is 1.39. The van der Waals surface area contributed by atoms with Gasteiger partial charge in [0, 0.05) is 11.9 Å². The van der Waals surface area contributed by atoms with E-state index < -0.39 is 0 Å². The Morgan fingerprint density at radius 2 is 1.79 bits per heavy atom. The topological polar surface area (TPSA) is 56.0 Å². The van der Waals surface area contributed by atoms with Gasteiger partial charge in [0.05, 0.1) is 5.69 Å². The fourth-order valence-corrected chi connectivity index (χ4v) is 3.14. The minimum atomic E-state index is -0.221. The summed E-state index contributed by atoms with van der Waals surface area (Å²) in [6.07, 6.45) is 1.72. The summed E-state index contributed by atoms with van der Waals surface area (Å²) in [7, 11) is 0. The number of pyridine rings is 1. The Morgan fingerprint density at radius 3 is 2.62 bits per heavy atom. The number of halogens is 1. The average molecular weight is 337 g/mol. The molecule has 0 aliphatic heterocycles. The maximum atomic E-state index is 13.7. The van der Waals surface area contributed by atoms with Gasteiger partial charge in [-0.05, 0) is 35.9 Å². The van der Waals surface area contributed by atoms with Gasteiger partial charge in [-0.15, -0.1) is 10.2 Å². The average Bonchev–Trinajstić information content (AvgIpc) is 3.04. The fraction of sp³-hybridized carbons (Fsp3) is 0.0588. The molecule has 3 heterocycles. The Hall–Kier alpha value is -2.80. The van der Waals surface area contributed by atoms with E-state index in [1.165, 1.54) is 17.8 Å². The number of rotatable bonds is 4. The summed E-state index contributed by atoms with van der Waals surface area (Å²) in [5.74, 6) is 0.240. The Morgan fingerprint density at radius 1 is 0.917 bits per heavy atom. The lowest BCUT2D eigenvalue weighted by molar-refractivity contribution is 0.617. The van der Waals surface area contributed by atoms with Crippen molar-refractivity contribution in [2.75, 3.05) is 0 Å². The van der Waals surface area contributed by atoms with Crippen LogP contribution in [-0.2, 0) is 5.75 Å². The third-order valence-corrected chi connectivity index (χ3v) is 4.44. The van der Waals surface area contributed by atoms with Crippen molar-refractivity contribution in [2.24, 2.45) is 0 Å². The van der Waals surface area contributed by atoms with Gasteiger partial charge < -0.3 is 0 Å². The van der Waals surface area contributed by atoms with Crippen LogP contribution in [0.25, 0.3) is 17.0 Å². The van der Waals surface area contributed by atoms with E-state index in [1.807, 2.05) is 36.4 Å². The molecule has 0 bridgehead atoms. The standard InChI is InChI=1S/C17H12FN5S/c18-13-6-2-1-5-12(13)11-24-17-21-20-16-9-8-15(22-23(16)17)14-7-3-4-10-19-14/h1-10H,11H2. The van der Waals surface area contributed by atoms with Crippen LogP contribution < -0.4 is 0 Å². The maximum absolute atomic E-state index is 13.7. The van der Waals surface area contributed by atoms with Crippen LogP contribution in [0.4, 0.5) is 4.39 Å². The molecule has 0 fully saturated rings. The summed E-state index contributed by atoms with van der Waals surface area (Å²) in [4.78, 5) is 4.30. The summed E-state index contributed by atoms with van der Waals surface area (Å²) in [6.45, 7) is 0. The summed E-state index contributed by atoms with van der Waals surface area (Å²) in [5, 5.41) is 13.4. The van der Waals surface area contributed by atoms with E-state index in [1.54, 1.807) is 22.8 Å². The molecule has 118 valence electrons. The van der Waals surface area contributed by atoms with Crippen LogP contribution in [0.1, 0.15) is 5.56 Å². The molecule has 1 aromatic carbocycles. The van der Waals surface area contributed by atoms with Crippen molar-refractivity contribution in [1.29, 1.82) is 0 Å². The largest absolute Gasteiger partial charge is 0.255 e. The molecule has 4 rings (SSSR count). The van der Waals surface area contributed by atoms with Gasteiger partial charge in [0.2, 0.25) is 5.16 Å². The molecule has 4 aromatic rings. The van der Waals surface area contributed by atoms with Crippen molar-refractivity contribution in [1.82, 2.24) is 24.8 Å². The number of aromatic nitrogens is 5. The quantitative estimate of drug-likeness (QED) is 0.532. The molecule has 0 spiro atoms. The number of fused-ring (bicyclic) bond motifs is 1. The van der Waals surface area contributed by atoms with Crippen LogP contribution in [0.2, 0.25) is 0 Å². The second kappa shape index (κ2) is 6.37. The normalized spacial score (nSPS) is 11.0. The Balaban J connectivity index is 1.65. The molecule has 7 heteroatoms. The molecule has 0 aliphatic carbocycles. The molecule has 24 heavy (non-hydrogen) atoms. The third-order valence-electron chi connectivity index (χ3n) is 3.48. The highest BCUT2D eigenvalue weighted by molar-refractivity contribution is 7.98. The van der Waals surface area contributed by atoms with E-state index in [2.05, 4.69) is 20.3 Å². The number of benzene rings is 1. The van der Waals surface area contributed by atoms with Crippen molar-refractivity contribution in [2.45, 2.75) is 10.9 Å². The number of nitrogens with zero attached hydrogens (tertiary/aromatic N) is 5. The number of hydrogen-bond donors (Lipinski definition) is 0. The van der Waals surface area contributed by atoms with Crippen LogP contribution >= 0.6 is 11.8 Å². The Bertz CT molecular complexity index is 987. The Labute approximate surface area is 141 Å². The van der Waals surface area contributed by atoms with E-state index in [0.717, 1.165) is 11.4 Å². The van der Waals surface area contributed by atoms with E-state index >= 15 is 0 Å². The minimum absolute atomic E-state index is 0.221. The van der Waals surface area contributed by atoms with Crippen LogP contribution in [0.3, 0.4) is 0 Å². The first kappa shape index (κ1) is 14.8. The van der Waals surface area contributed by atoms with Crippen molar-refractivity contribution in [3.63, 3.8) is 0 Å². The molecule has 0 N–H and O–H groups in total. The molecular formula is C17H12FN5S. The van der Waals surface area contributed by atoms with E-state index in [0.29, 0.717) is 22.1 Å². The zero-order valence-corrected chi connectivity index (χ0v) is 13.3. The highest BCUT2D eigenvalue weighted by Crippen LogP contribution is 2.23. The van der Waals surface area contributed by atoms with Gasteiger partial charge in [-0.25, -0.2) is 4.39 Å². The molecule has 5 nitrogen and oxygen atoms in total. The molecule has 0 saturated heterocycles.